The monoisotopic (exact) mass is 466 g/mol. The molecule has 0 saturated heterocycles. The van der Waals surface area contributed by atoms with Crippen LogP contribution in [0.1, 0.15) is 5.56 Å². The molecule has 4 rings (SSSR count). The summed E-state index contributed by atoms with van der Waals surface area (Å²) < 4.78 is 15.3. The summed E-state index contributed by atoms with van der Waals surface area (Å²) in [4.78, 5) is 12.4. The van der Waals surface area contributed by atoms with Gasteiger partial charge in [0, 0.05) is 22.8 Å². The fourth-order valence-corrected chi connectivity index (χ4v) is 4.05. The molecule has 4 aromatic rings. The van der Waals surface area contributed by atoms with E-state index in [0.717, 1.165) is 23.2 Å². The minimum atomic E-state index is -0.322. The zero-order chi connectivity index (χ0) is 22.3. The lowest BCUT2D eigenvalue weighted by atomic mass is 10.1. The van der Waals surface area contributed by atoms with E-state index in [1.165, 1.54) is 23.9 Å². The fourth-order valence-electron chi connectivity index (χ4n) is 3.14. The minimum Gasteiger partial charge on any atom is -0.355 e. The number of rotatable bonds is 8. The second kappa shape index (κ2) is 10.4. The first-order valence-electron chi connectivity index (χ1n) is 10.0. The Bertz CT molecular complexity index is 1180. The molecule has 0 saturated carbocycles. The molecule has 0 aliphatic heterocycles. The topological polar surface area (TPSA) is 59.8 Å². The lowest BCUT2D eigenvalue weighted by molar-refractivity contribution is -0.118. The van der Waals surface area contributed by atoms with E-state index in [0.29, 0.717) is 22.5 Å². The summed E-state index contributed by atoms with van der Waals surface area (Å²) in [6.45, 7) is 0.529. The molecule has 0 fully saturated rings. The molecule has 1 amide bonds. The second-order valence-electron chi connectivity index (χ2n) is 7.00. The number of hydrogen-bond donors (Lipinski definition) is 1. The van der Waals surface area contributed by atoms with Gasteiger partial charge in [-0.15, -0.1) is 10.2 Å². The molecule has 1 N–H and O–H groups in total. The summed E-state index contributed by atoms with van der Waals surface area (Å²) in [5, 5.41) is 12.8. The Kier molecular flexibility index (Phi) is 7.19. The van der Waals surface area contributed by atoms with Crippen LogP contribution >= 0.6 is 23.4 Å². The van der Waals surface area contributed by atoms with Gasteiger partial charge in [0.1, 0.15) is 5.82 Å². The van der Waals surface area contributed by atoms with Crippen LogP contribution in [0.25, 0.3) is 17.1 Å². The van der Waals surface area contributed by atoms with Crippen molar-refractivity contribution in [3.05, 3.63) is 95.3 Å². The summed E-state index contributed by atoms with van der Waals surface area (Å²) in [6, 6.07) is 23.3. The Hall–Kier alpha value is -3.16. The molecule has 5 nitrogen and oxygen atoms in total. The normalized spacial score (nSPS) is 10.8. The van der Waals surface area contributed by atoms with E-state index in [9.17, 15) is 9.18 Å². The molecular weight excluding hydrogens is 447 g/mol. The molecule has 162 valence electrons. The number of amides is 1. The Morgan fingerprint density at radius 2 is 1.69 bits per heavy atom. The van der Waals surface area contributed by atoms with Gasteiger partial charge in [-0.1, -0.05) is 65.8 Å². The zero-order valence-corrected chi connectivity index (χ0v) is 18.6. The highest BCUT2D eigenvalue weighted by atomic mass is 35.5. The van der Waals surface area contributed by atoms with Crippen molar-refractivity contribution in [1.82, 2.24) is 20.1 Å². The maximum absolute atomic E-state index is 13.5. The van der Waals surface area contributed by atoms with E-state index >= 15 is 0 Å². The third kappa shape index (κ3) is 5.55. The minimum absolute atomic E-state index is 0.0983. The lowest BCUT2D eigenvalue weighted by Gasteiger charge is -2.10. The van der Waals surface area contributed by atoms with Gasteiger partial charge in [-0.05, 0) is 48.4 Å². The number of aromatic nitrogens is 3. The summed E-state index contributed by atoms with van der Waals surface area (Å²) in [5.74, 6) is 0.397. The van der Waals surface area contributed by atoms with Crippen LogP contribution in [0, 0.1) is 5.82 Å². The quantitative estimate of drug-likeness (QED) is 0.363. The molecule has 1 heterocycles. The highest BCUT2D eigenvalue weighted by Gasteiger charge is 2.17. The Balaban J connectivity index is 1.45. The highest BCUT2D eigenvalue weighted by molar-refractivity contribution is 7.99. The van der Waals surface area contributed by atoms with E-state index in [-0.39, 0.29) is 17.5 Å². The van der Waals surface area contributed by atoms with E-state index in [2.05, 4.69) is 15.5 Å². The molecule has 0 spiro atoms. The molecule has 0 aliphatic rings. The van der Waals surface area contributed by atoms with Gasteiger partial charge in [0.15, 0.2) is 11.0 Å². The predicted molar refractivity (Wildman–Crippen MR) is 126 cm³/mol. The van der Waals surface area contributed by atoms with Crippen LogP contribution in [0.4, 0.5) is 4.39 Å². The predicted octanol–water partition coefficient (Wildman–Crippen LogP) is 5.18. The van der Waals surface area contributed by atoms with Crippen LogP contribution in [-0.2, 0) is 11.2 Å². The third-order valence-electron chi connectivity index (χ3n) is 4.73. The summed E-state index contributed by atoms with van der Waals surface area (Å²) in [6.07, 6.45) is 0.720. The first kappa shape index (κ1) is 22.0. The summed E-state index contributed by atoms with van der Waals surface area (Å²) in [7, 11) is 0. The van der Waals surface area contributed by atoms with Crippen molar-refractivity contribution in [3.63, 3.8) is 0 Å². The molecule has 0 bridgehead atoms. The van der Waals surface area contributed by atoms with Gasteiger partial charge in [-0.25, -0.2) is 4.39 Å². The maximum atomic E-state index is 13.5. The fraction of sp³-hybridized carbons (Fsp3) is 0.125. The molecule has 0 aliphatic carbocycles. The second-order valence-corrected chi connectivity index (χ2v) is 8.38. The van der Waals surface area contributed by atoms with Gasteiger partial charge in [-0.2, -0.15) is 0 Å². The standard InChI is InChI=1S/C24H20ClFN4OS/c25-19-8-6-17(7-9-19)14-15-27-22(31)16-32-24-29-28-23(18-4-2-1-3-5-18)30(24)21-12-10-20(26)11-13-21/h1-13H,14-16H2,(H,27,31). The lowest BCUT2D eigenvalue weighted by Crippen LogP contribution is -2.27. The molecule has 8 heteroatoms. The van der Waals surface area contributed by atoms with Crippen LogP contribution in [0.3, 0.4) is 0 Å². The number of benzene rings is 3. The number of nitrogens with zero attached hydrogens (tertiary/aromatic N) is 3. The molecule has 32 heavy (non-hydrogen) atoms. The number of halogens is 2. The molecular formula is C24H20ClFN4OS. The number of thioether (sulfide) groups is 1. The Morgan fingerprint density at radius 3 is 2.41 bits per heavy atom. The van der Waals surface area contributed by atoms with Crippen molar-refractivity contribution in [2.75, 3.05) is 12.3 Å². The van der Waals surface area contributed by atoms with Gasteiger partial charge in [0.25, 0.3) is 0 Å². The SMILES string of the molecule is O=C(CSc1nnc(-c2ccccc2)n1-c1ccc(F)cc1)NCCc1ccc(Cl)cc1. The van der Waals surface area contributed by atoms with Gasteiger partial charge in [0.05, 0.1) is 5.75 Å². The molecule has 0 atom stereocenters. The van der Waals surface area contributed by atoms with E-state index in [4.69, 9.17) is 11.6 Å². The first-order chi connectivity index (χ1) is 15.6. The van der Waals surface area contributed by atoms with Crippen LogP contribution in [-0.4, -0.2) is 33.0 Å². The summed E-state index contributed by atoms with van der Waals surface area (Å²) >= 11 is 7.18. The van der Waals surface area contributed by atoms with Crippen molar-refractivity contribution in [1.29, 1.82) is 0 Å². The van der Waals surface area contributed by atoms with E-state index in [1.54, 1.807) is 12.1 Å². The largest absolute Gasteiger partial charge is 0.355 e. The average Bonchev–Trinajstić information content (AvgIpc) is 3.24. The molecule has 3 aromatic carbocycles. The molecule has 0 radical (unpaired) electrons. The van der Waals surface area contributed by atoms with E-state index in [1.807, 2.05) is 59.2 Å². The van der Waals surface area contributed by atoms with Crippen LogP contribution in [0.5, 0.6) is 0 Å². The third-order valence-corrected chi connectivity index (χ3v) is 5.91. The van der Waals surface area contributed by atoms with Gasteiger partial charge >= 0.3 is 0 Å². The number of carbonyl (C=O) groups excluding carboxylic acids is 1. The van der Waals surface area contributed by atoms with Crippen LogP contribution < -0.4 is 5.32 Å². The van der Waals surface area contributed by atoms with Crippen LogP contribution in [0.2, 0.25) is 5.02 Å². The van der Waals surface area contributed by atoms with Gasteiger partial charge in [-0.3, -0.25) is 9.36 Å². The van der Waals surface area contributed by atoms with Gasteiger partial charge < -0.3 is 5.32 Å². The van der Waals surface area contributed by atoms with Crippen molar-refractivity contribution >= 4 is 29.3 Å². The van der Waals surface area contributed by atoms with Crippen molar-refractivity contribution in [3.8, 4) is 17.1 Å². The average molecular weight is 467 g/mol. The van der Waals surface area contributed by atoms with Gasteiger partial charge in [0.2, 0.25) is 5.91 Å². The van der Waals surface area contributed by atoms with Crippen LogP contribution in [0.15, 0.2) is 84.0 Å². The highest BCUT2D eigenvalue weighted by Crippen LogP contribution is 2.28. The number of hydrogen-bond acceptors (Lipinski definition) is 4. The Morgan fingerprint density at radius 1 is 0.969 bits per heavy atom. The molecule has 0 unspecified atom stereocenters. The zero-order valence-electron chi connectivity index (χ0n) is 17.0. The smallest absolute Gasteiger partial charge is 0.230 e. The van der Waals surface area contributed by atoms with Crippen molar-refractivity contribution in [2.24, 2.45) is 0 Å². The first-order valence-corrected chi connectivity index (χ1v) is 11.4. The number of carbonyl (C=O) groups is 1. The van der Waals surface area contributed by atoms with Crippen molar-refractivity contribution < 1.29 is 9.18 Å². The summed E-state index contributed by atoms with van der Waals surface area (Å²) in [5.41, 5.74) is 2.70. The molecule has 1 aromatic heterocycles. The van der Waals surface area contributed by atoms with E-state index < -0.39 is 0 Å². The maximum Gasteiger partial charge on any atom is 0.230 e. The van der Waals surface area contributed by atoms with Crippen molar-refractivity contribution in [2.45, 2.75) is 11.6 Å². The number of nitrogens with one attached hydrogen (secondary N) is 1. The Labute approximate surface area is 194 Å².